The highest BCUT2D eigenvalue weighted by atomic mass is 35.5. The van der Waals surface area contributed by atoms with Crippen molar-refractivity contribution in [2.24, 2.45) is 0 Å². The number of carbonyl (C=O) groups excluding carboxylic acids is 2. The van der Waals surface area contributed by atoms with E-state index >= 15 is 0 Å². The van der Waals surface area contributed by atoms with Gasteiger partial charge in [0.2, 0.25) is 5.95 Å². The highest BCUT2D eigenvalue weighted by molar-refractivity contribution is 7.92. The molecule has 2 heterocycles. The van der Waals surface area contributed by atoms with Gasteiger partial charge in [-0.1, -0.05) is 11.6 Å². The Labute approximate surface area is 254 Å². The summed E-state index contributed by atoms with van der Waals surface area (Å²) in [5.41, 5.74) is 1.89. The van der Waals surface area contributed by atoms with Crippen molar-refractivity contribution >= 4 is 56.3 Å². The molecule has 5 rings (SSSR count). The second kappa shape index (κ2) is 13.2. The van der Waals surface area contributed by atoms with Gasteiger partial charge in [0, 0.05) is 16.9 Å². The first-order valence-electron chi connectivity index (χ1n) is 13.4. The van der Waals surface area contributed by atoms with Gasteiger partial charge in [0.1, 0.15) is 5.75 Å². The van der Waals surface area contributed by atoms with Crippen LogP contribution in [0.2, 0.25) is 5.02 Å². The smallest absolute Gasteiger partial charge is 0.257 e. The highest BCUT2D eigenvalue weighted by Gasteiger charge is 2.28. The van der Waals surface area contributed by atoms with Gasteiger partial charge in [-0.3, -0.25) is 9.59 Å². The van der Waals surface area contributed by atoms with Crippen molar-refractivity contribution in [1.29, 1.82) is 0 Å². The number of hydrogen-bond acceptors (Lipinski definition) is 9. The SMILES string of the molecule is COc1ccc(C(=O)Nc2ccc(Cl)c(C(=O)Nc3cnc(Nc4ccc(S(=O)(=O)C5CCNCC5)cc4)nc3)c2)cc1. The molecule has 0 spiro atoms. The van der Waals surface area contributed by atoms with Crippen LogP contribution in [0.15, 0.2) is 84.0 Å². The fourth-order valence-electron chi connectivity index (χ4n) is 4.53. The predicted octanol–water partition coefficient (Wildman–Crippen LogP) is 4.91. The van der Waals surface area contributed by atoms with Gasteiger partial charge in [-0.2, -0.15) is 0 Å². The van der Waals surface area contributed by atoms with E-state index in [1.807, 2.05) is 0 Å². The number of anilines is 4. The first-order chi connectivity index (χ1) is 20.7. The van der Waals surface area contributed by atoms with Crippen molar-refractivity contribution in [3.05, 3.63) is 95.3 Å². The monoisotopic (exact) mass is 620 g/mol. The number of benzene rings is 3. The van der Waals surface area contributed by atoms with E-state index in [2.05, 4.69) is 31.2 Å². The van der Waals surface area contributed by atoms with E-state index in [9.17, 15) is 18.0 Å². The molecule has 1 aromatic heterocycles. The molecular formula is C30H29ClN6O5S. The van der Waals surface area contributed by atoms with Crippen molar-refractivity contribution in [2.45, 2.75) is 23.0 Å². The average Bonchev–Trinajstić information content (AvgIpc) is 3.03. The number of nitrogens with zero attached hydrogens (tertiary/aromatic N) is 2. The van der Waals surface area contributed by atoms with E-state index < -0.39 is 15.7 Å². The average molecular weight is 621 g/mol. The van der Waals surface area contributed by atoms with Crippen LogP contribution < -0.4 is 26.0 Å². The van der Waals surface area contributed by atoms with Gasteiger partial charge in [0.25, 0.3) is 11.8 Å². The number of piperidine rings is 1. The molecule has 0 aliphatic carbocycles. The van der Waals surface area contributed by atoms with E-state index in [1.165, 1.54) is 24.5 Å². The standard InChI is InChI=1S/C30H29ClN6O5S/c1-42-23-7-2-19(3-8-23)28(38)35-21-6-11-27(31)26(16-21)29(39)36-22-17-33-30(34-18-22)37-20-4-9-24(10-5-20)43(40,41)25-12-14-32-15-13-25/h2-11,16-18,25,32H,12-15H2,1H3,(H,35,38)(H,36,39)(H,33,34,37). The lowest BCUT2D eigenvalue weighted by Crippen LogP contribution is -2.35. The van der Waals surface area contributed by atoms with E-state index in [-0.39, 0.29) is 32.6 Å². The molecule has 0 bridgehead atoms. The molecule has 0 unspecified atom stereocenters. The van der Waals surface area contributed by atoms with Crippen LogP contribution in [0.3, 0.4) is 0 Å². The molecule has 3 aromatic carbocycles. The normalized spacial score (nSPS) is 13.6. The molecule has 4 N–H and O–H groups in total. The molecule has 1 fully saturated rings. The Morgan fingerprint density at radius 3 is 2.14 bits per heavy atom. The minimum Gasteiger partial charge on any atom is -0.497 e. The summed E-state index contributed by atoms with van der Waals surface area (Å²) < 4.78 is 30.9. The van der Waals surface area contributed by atoms with Crippen LogP contribution in [0, 0.1) is 0 Å². The molecule has 13 heteroatoms. The number of hydrogen-bond donors (Lipinski definition) is 4. The topological polar surface area (TPSA) is 151 Å². The molecule has 4 aromatic rings. The zero-order valence-corrected chi connectivity index (χ0v) is 24.7. The lowest BCUT2D eigenvalue weighted by molar-refractivity contribution is 0.101. The number of nitrogens with one attached hydrogen (secondary N) is 4. The number of halogens is 1. The quantitative estimate of drug-likeness (QED) is 0.204. The minimum absolute atomic E-state index is 0.149. The van der Waals surface area contributed by atoms with Gasteiger partial charge in [0.15, 0.2) is 9.84 Å². The van der Waals surface area contributed by atoms with Crippen molar-refractivity contribution in [3.8, 4) is 5.75 Å². The molecule has 1 saturated heterocycles. The summed E-state index contributed by atoms with van der Waals surface area (Å²) in [4.78, 5) is 34.3. The largest absolute Gasteiger partial charge is 0.497 e. The first-order valence-corrected chi connectivity index (χ1v) is 15.4. The zero-order valence-electron chi connectivity index (χ0n) is 23.1. The van der Waals surface area contributed by atoms with Gasteiger partial charge in [0.05, 0.1) is 45.9 Å². The van der Waals surface area contributed by atoms with Crippen LogP contribution >= 0.6 is 11.6 Å². The fraction of sp³-hybridized carbons (Fsp3) is 0.200. The Morgan fingerprint density at radius 1 is 0.860 bits per heavy atom. The lowest BCUT2D eigenvalue weighted by Gasteiger charge is -2.22. The second-order valence-corrected chi connectivity index (χ2v) is 12.4. The Kier molecular flexibility index (Phi) is 9.19. The Hall–Kier alpha value is -4.52. The van der Waals surface area contributed by atoms with Gasteiger partial charge in [-0.05, 0) is 92.7 Å². The third-order valence-corrected chi connectivity index (χ3v) is 9.50. The van der Waals surface area contributed by atoms with Crippen LogP contribution in [0.5, 0.6) is 5.75 Å². The van der Waals surface area contributed by atoms with Crippen molar-refractivity contribution < 1.29 is 22.7 Å². The summed E-state index contributed by atoms with van der Waals surface area (Å²) in [6, 6.07) is 17.7. The third kappa shape index (κ3) is 7.28. The van der Waals surface area contributed by atoms with Crippen LogP contribution in [0.4, 0.5) is 23.0 Å². The molecule has 0 radical (unpaired) electrons. The highest BCUT2D eigenvalue weighted by Crippen LogP contribution is 2.25. The van der Waals surface area contributed by atoms with Gasteiger partial charge >= 0.3 is 0 Å². The number of ether oxygens (including phenoxy) is 1. The Balaban J connectivity index is 1.20. The molecule has 222 valence electrons. The van der Waals surface area contributed by atoms with Crippen molar-refractivity contribution in [2.75, 3.05) is 36.1 Å². The molecule has 43 heavy (non-hydrogen) atoms. The summed E-state index contributed by atoms with van der Waals surface area (Å²) in [7, 11) is -1.85. The molecule has 0 atom stereocenters. The van der Waals surface area contributed by atoms with Gasteiger partial charge in [-0.25, -0.2) is 18.4 Å². The number of carbonyl (C=O) groups is 2. The number of aromatic nitrogens is 2. The summed E-state index contributed by atoms with van der Waals surface area (Å²) in [5, 5.41) is 11.5. The molecule has 1 aliphatic rings. The number of methoxy groups -OCH3 is 1. The second-order valence-electron chi connectivity index (χ2n) is 9.77. The maximum atomic E-state index is 13.0. The maximum Gasteiger partial charge on any atom is 0.257 e. The number of sulfone groups is 1. The molecule has 2 amide bonds. The summed E-state index contributed by atoms with van der Waals surface area (Å²) >= 11 is 6.27. The van der Waals surface area contributed by atoms with Crippen LogP contribution in [-0.4, -0.2) is 55.6 Å². The Morgan fingerprint density at radius 2 is 1.49 bits per heavy atom. The van der Waals surface area contributed by atoms with Crippen LogP contribution in [-0.2, 0) is 9.84 Å². The predicted molar refractivity (Wildman–Crippen MR) is 165 cm³/mol. The number of amides is 2. The fourth-order valence-corrected chi connectivity index (χ4v) is 6.49. The Bertz CT molecular complexity index is 1710. The van der Waals surface area contributed by atoms with Gasteiger partial charge < -0.3 is 26.0 Å². The summed E-state index contributed by atoms with van der Waals surface area (Å²) in [5.74, 6) is 0.0175. The number of rotatable bonds is 9. The summed E-state index contributed by atoms with van der Waals surface area (Å²) in [6.07, 6.45) is 4.04. The maximum absolute atomic E-state index is 13.0. The third-order valence-electron chi connectivity index (χ3n) is 6.89. The molecule has 0 saturated carbocycles. The van der Waals surface area contributed by atoms with E-state index in [1.54, 1.807) is 61.7 Å². The molecular weight excluding hydrogens is 592 g/mol. The van der Waals surface area contributed by atoms with E-state index in [4.69, 9.17) is 16.3 Å². The molecule has 11 nitrogen and oxygen atoms in total. The minimum atomic E-state index is -3.39. The van der Waals surface area contributed by atoms with Crippen molar-refractivity contribution in [1.82, 2.24) is 15.3 Å². The summed E-state index contributed by atoms with van der Waals surface area (Å²) in [6.45, 7) is 1.39. The van der Waals surface area contributed by atoms with Crippen LogP contribution in [0.25, 0.3) is 0 Å². The lowest BCUT2D eigenvalue weighted by atomic mass is 10.1. The van der Waals surface area contributed by atoms with Crippen LogP contribution in [0.1, 0.15) is 33.6 Å². The zero-order chi connectivity index (χ0) is 30.4. The van der Waals surface area contributed by atoms with E-state index in [0.29, 0.717) is 54.3 Å². The van der Waals surface area contributed by atoms with E-state index in [0.717, 1.165) is 0 Å². The molecule has 1 aliphatic heterocycles. The first kappa shape index (κ1) is 30.0. The van der Waals surface area contributed by atoms with Gasteiger partial charge in [-0.15, -0.1) is 0 Å². The van der Waals surface area contributed by atoms with Crippen molar-refractivity contribution in [3.63, 3.8) is 0 Å².